The van der Waals surface area contributed by atoms with Gasteiger partial charge in [0.15, 0.2) is 0 Å². The number of halogens is 1. The summed E-state index contributed by atoms with van der Waals surface area (Å²) in [5.41, 5.74) is 2.34. The molecule has 0 aliphatic heterocycles. The van der Waals surface area contributed by atoms with Crippen LogP contribution in [-0.4, -0.2) is 35.8 Å². The largest absolute Gasteiger partial charge is 0.379 e. The molecule has 0 bridgehead atoms. The molecule has 1 saturated carbocycles. The van der Waals surface area contributed by atoms with Crippen LogP contribution in [-0.2, 0) is 17.9 Å². The Labute approximate surface area is 207 Å². The number of rotatable bonds is 7. The lowest BCUT2D eigenvalue weighted by atomic mass is 9.58. The lowest BCUT2D eigenvalue weighted by molar-refractivity contribution is -0.122. The second kappa shape index (κ2) is 10.4. The van der Waals surface area contributed by atoms with Crippen molar-refractivity contribution in [3.05, 3.63) is 51.4 Å². The van der Waals surface area contributed by atoms with Crippen LogP contribution in [0.3, 0.4) is 0 Å². The van der Waals surface area contributed by atoms with Gasteiger partial charge in [0.05, 0.1) is 11.9 Å². The molecule has 2 N–H and O–H groups in total. The topological polar surface area (TPSA) is 79.3 Å². The van der Waals surface area contributed by atoms with Gasteiger partial charge in [-0.05, 0) is 47.3 Å². The Bertz CT molecular complexity index is 1080. The number of carbonyl (C=O) groups is 1. The molecule has 0 unspecified atom stereocenters. The summed E-state index contributed by atoms with van der Waals surface area (Å²) in [7, 11) is 3.93. The summed E-state index contributed by atoms with van der Waals surface area (Å²) in [6.07, 6.45) is 2.55. The number of carbonyl (C=O) groups excluding carboxylic acids is 1. The van der Waals surface area contributed by atoms with Crippen molar-refractivity contribution in [2.45, 2.75) is 60.2 Å². The first-order chi connectivity index (χ1) is 15.9. The molecular weight excluding hydrogens is 450 g/mol. The third-order valence-corrected chi connectivity index (χ3v) is 8.38. The summed E-state index contributed by atoms with van der Waals surface area (Å²) >= 11 is 6.43. The summed E-state index contributed by atoms with van der Waals surface area (Å²) in [4.78, 5) is 27.3. The highest BCUT2D eigenvalue weighted by Crippen LogP contribution is 2.48. The van der Waals surface area contributed by atoms with Crippen molar-refractivity contribution < 1.29 is 4.79 Å². The molecule has 1 aromatic carbocycles. The van der Waals surface area contributed by atoms with Crippen LogP contribution in [0.25, 0.3) is 0 Å². The number of nitrogens with zero attached hydrogens (tertiary/aromatic N) is 3. The highest BCUT2D eigenvalue weighted by molar-refractivity contribution is 6.32. The Morgan fingerprint density at radius 1 is 1.26 bits per heavy atom. The van der Waals surface area contributed by atoms with Gasteiger partial charge in [-0.15, -0.1) is 0 Å². The average Bonchev–Trinajstić information content (AvgIpc) is 2.80. The zero-order chi connectivity index (χ0) is 25.2. The molecule has 34 heavy (non-hydrogen) atoms. The molecule has 1 fully saturated rings. The van der Waals surface area contributed by atoms with Gasteiger partial charge in [-0.1, -0.05) is 58.4 Å². The lowest BCUT2D eigenvalue weighted by Gasteiger charge is -2.50. The second-order valence-corrected chi connectivity index (χ2v) is 10.9. The minimum atomic E-state index is -0.471. The first kappa shape index (κ1) is 26.1. The highest BCUT2D eigenvalue weighted by atomic mass is 35.5. The summed E-state index contributed by atoms with van der Waals surface area (Å²) < 4.78 is 1.11. The zero-order valence-electron chi connectivity index (χ0n) is 21.4. The quantitative estimate of drug-likeness (QED) is 0.605. The Morgan fingerprint density at radius 3 is 2.65 bits per heavy atom. The van der Waals surface area contributed by atoms with Gasteiger partial charge < -0.3 is 15.5 Å². The maximum Gasteiger partial charge on any atom is 0.288 e. The fourth-order valence-corrected chi connectivity index (χ4v) is 4.98. The molecule has 1 aliphatic carbocycles. The monoisotopic (exact) mass is 487 g/mol. The summed E-state index contributed by atoms with van der Waals surface area (Å²) in [6.45, 7) is 11.7. The molecule has 1 aromatic heterocycles. The van der Waals surface area contributed by atoms with E-state index in [0.29, 0.717) is 30.0 Å². The van der Waals surface area contributed by atoms with Crippen LogP contribution < -0.4 is 21.1 Å². The van der Waals surface area contributed by atoms with Crippen LogP contribution in [0.4, 0.5) is 11.4 Å². The number of benzene rings is 1. The normalized spacial score (nSPS) is 23.9. The Kier molecular flexibility index (Phi) is 7.96. The molecular formula is C26H38ClN5O2. The van der Waals surface area contributed by atoms with Gasteiger partial charge in [0.1, 0.15) is 11.6 Å². The fourth-order valence-electron chi connectivity index (χ4n) is 4.78. The van der Waals surface area contributed by atoms with Crippen molar-refractivity contribution in [3.8, 4) is 0 Å². The molecule has 186 valence electrons. The van der Waals surface area contributed by atoms with E-state index in [-0.39, 0.29) is 28.9 Å². The number of hydrogen-bond acceptors (Lipinski definition) is 5. The van der Waals surface area contributed by atoms with Crippen molar-refractivity contribution in [3.63, 3.8) is 0 Å². The Hall–Kier alpha value is -2.54. The van der Waals surface area contributed by atoms with E-state index in [1.165, 1.54) is 0 Å². The van der Waals surface area contributed by atoms with Gasteiger partial charge in [0, 0.05) is 32.4 Å². The molecule has 1 aliphatic rings. The van der Waals surface area contributed by atoms with Crippen molar-refractivity contribution in [2.75, 3.05) is 24.3 Å². The molecule has 7 nitrogen and oxygen atoms in total. The van der Waals surface area contributed by atoms with E-state index in [1.807, 2.05) is 43.3 Å². The number of aromatic nitrogens is 2. The smallest absolute Gasteiger partial charge is 0.288 e. The molecule has 2 aromatic rings. The van der Waals surface area contributed by atoms with E-state index >= 15 is 0 Å². The van der Waals surface area contributed by atoms with Gasteiger partial charge in [-0.25, -0.2) is 4.68 Å². The lowest BCUT2D eigenvalue weighted by Crippen LogP contribution is -2.48. The Morgan fingerprint density at radius 2 is 1.97 bits per heavy atom. The summed E-state index contributed by atoms with van der Waals surface area (Å²) in [5, 5.41) is 10.6. The van der Waals surface area contributed by atoms with Crippen LogP contribution >= 0.6 is 11.6 Å². The number of anilines is 2. The maximum atomic E-state index is 12.8. The molecule has 0 saturated heterocycles. The van der Waals surface area contributed by atoms with Crippen LogP contribution in [0.15, 0.2) is 35.3 Å². The molecule has 1 amide bonds. The van der Waals surface area contributed by atoms with Crippen LogP contribution in [0.5, 0.6) is 0 Å². The van der Waals surface area contributed by atoms with E-state index in [4.69, 9.17) is 11.6 Å². The first-order valence-corrected chi connectivity index (χ1v) is 12.3. The first-order valence-electron chi connectivity index (χ1n) is 12.0. The van der Waals surface area contributed by atoms with E-state index in [0.717, 1.165) is 22.4 Å². The van der Waals surface area contributed by atoms with Crippen LogP contribution in [0.2, 0.25) is 5.02 Å². The predicted octanol–water partition coefficient (Wildman–Crippen LogP) is 4.40. The van der Waals surface area contributed by atoms with E-state index in [1.54, 1.807) is 6.20 Å². The zero-order valence-corrected chi connectivity index (χ0v) is 22.1. The Balaban J connectivity index is 1.65. The minimum Gasteiger partial charge on any atom is -0.379 e. The number of nitrogens with one attached hydrogen (secondary N) is 2. The predicted molar refractivity (Wildman–Crippen MR) is 139 cm³/mol. The standard InChI is InChI=1S/C26H38ClN5O2/c1-16-11-21(17(2)18(3)26(16,4)5)30-22-14-29-32(25(34)24(22)27)15-23(33)28-13-19-9-8-10-20(12-19)31(6)7/h8-10,12,14,16-18,21,30H,11,13,15H2,1-7H3,(H,28,33)/t16-,17+,18+,21+/m0/s1. The van der Waals surface area contributed by atoms with E-state index < -0.39 is 5.56 Å². The average molecular weight is 488 g/mol. The summed E-state index contributed by atoms with van der Waals surface area (Å²) in [5.74, 6) is 1.17. The van der Waals surface area contributed by atoms with Crippen molar-refractivity contribution in [1.29, 1.82) is 0 Å². The van der Waals surface area contributed by atoms with Crippen LogP contribution in [0.1, 0.15) is 46.6 Å². The molecule has 0 radical (unpaired) electrons. The maximum absolute atomic E-state index is 12.8. The molecule has 3 rings (SSSR count). The fraction of sp³-hybridized carbons (Fsp3) is 0.577. The third kappa shape index (κ3) is 5.57. The van der Waals surface area contributed by atoms with Crippen molar-refractivity contribution in [1.82, 2.24) is 15.1 Å². The van der Waals surface area contributed by atoms with Crippen LogP contribution in [0, 0.1) is 23.2 Å². The second-order valence-electron chi connectivity index (χ2n) is 10.5. The van der Waals surface area contributed by atoms with Gasteiger partial charge in [0.25, 0.3) is 5.56 Å². The number of hydrogen-bond donors (Lipinski definition) is 2. The highest BCUT2D eigenvalue weighted by Gasteiger charge is 2.43. The van der Waals surface area contributed by atoms with Gasteiger partial charge in [-0.3, -0.25) is 9.59 Å². The summed E-state index contributed by atoms with van der Waals surface area (Å²) in [6, 6.07) is 8.11. The van der Waals surface area contributed by atoms with Crippen molar-refractivity contribution >= 4 is 28.9 Å². The molecule has 0 spiro atoms. The van der Waals surface area contributed by atoms with Crippen molar-refractivity contribution in [2.24, 2.45) is 23.2 Å². The number of amides is 1. The van der Waals surface area contributed by atoms with E-state index in [9.17, 15) is 9.59 Å². The van der Waals surface area contributed by atoms with Gasteiger partial charge in [-0.2, -0.15) is 5.10 Å². The molecule has 1 heterocycles. The van der Waals surface area contributed by atoms with Gasteiger partial charge in [0.2, 0.25) is 5.91 Å². The van der Waals surface area contributed by atoms with E-state index in [2.05, 4.69) is 50.4 Å². The SMILES string of the molecule is C[C@@H]1[C@@H](C)C(C)(C)[C@@H](C)C[C@H]1Nc1cnn(CC(=O)NCc2cccc(N(C)C)c2)c(=O)c1Cl. The molecule has 4 atom stereocenters. The molecule has 8 heteroatoms. The minimum absolute atomic E-state index is 0.0684. The van der Waals surface area contributed by atoms with Gasteiger partial charge >= 0.3 is 0 Å². The third-order valence-electron chi connectivity index (χ3n) is 8.01.